The van der Waals surface area contributed by atoms with Crippen LogP contribution < -0.4 is 0 Å². The van der Waals surface area contributed by atoms with Crippen molar-refractivity contribution in [3.05, 3.63) is 47.5 Å². The average Bonchev–Trinajstić information content (AvgIpc) is 2.66. The molecule has 3 rings (SSSR count). The van der Waals surface area contributed by atoms with Crippen LogP contribution in [0.25, 0.3) is 10.8 Å². The smallest absolute Gasteiger partial charge is 0.303 e. The largest absolute Gasteiger partial charge is 0.454 e. The SMILES string of the molecule is CC(=O)O[C@@H]1Cc2ccc3ccccc3c2C1=O. The fraction of sp³-hybridized carbons (Fsp3) is 0.200. The second-order valence-electron chi connectivity index (χ2n) is 4.49. The predicted molar refractivity (Wildman–Crippen MR) is 67.5 cm³/mol. The molecular formula is C15H12O3. The Morgan fingerprint density at radius 3 is 2.78 bits per heavy atom. The topological polar surface area (TPSA) is 43.4 Å². The van der Waals surface area contributed by atoms with Gasteiger partial charge in [0.05, 0.1) is 0 Å². The van der Waals surface area contributed by atoms with Crippen LogP contribution in [-0.4, -0.2) is 17.9 Å². The van der Waals surface area contributed by atoms with Gasteiger partial charge in [0.2, 0.25) is 5.78 Å². The van der Waals surface area contributed by atoms with Gasteiger partial charge in [-0.15, -0.1) is 0 Å². The Bertz CT molecular complexity index is 658. The number of rotatable bonds is 1. The molecule has 3 nitrogen and oxygen atoms in total. The molecular weight excluding hydrogens is 228 g/mol. The van der Waals surface area contributed by atoms with Crippen LogP contribution >= 0.6 is 0 Å². The maximum Gasteiger partial charge on any atom is 0.303 e. The molecule has 1 aliphatic rings. The summed E-state index contributed by atoms with van der Waals surface area (Å²) in [7, 11) is 0. The van der Waals surface area contributed by atoms with Gasteiger partial charge in [0.25, 0.3) is 0 Å². The van der Waals surface area contributed by atoms with E-state index < -0.39 is 12.1 Å². The van der Waals surface area contributed by atoms with Gasteiger partial charge in [0, 0.05) is 18.9 Å². The summed E-state index contributed by atoms with van der Waals surface area (Å²) in [5.41, 5.74) is 1.67. The third-order valence-electron chi connectivity index (χ3n) is 3.27. The van der Waals surface area contributed by atoms with E-state index in [1.807, 2.05) is 36.4 Å². The van der Waals surface area contributed by atoms with Gasteiger partial charge in [-0.25, -0.2) is 0 Å². The minimum Gasteiger partial charge on any atom is -0.454 e. The molecule has 0 N–H and O–H groups in total. The maximum absolute atomic E-state index is 12.3. The van der Waals surface area contributed by atoms with Gasteiger partial charge in [-0.05, 0) is 16.3 Å². The van der Waals surface area contributed by atoms with Crippen molar-refractivity contribution in [3.63, 3.8) is 0 Å². The van der Waals surface area contributed by atoms with Gasteiger partial charge in [0.15, 0.2) is 6.10 Å². The minimum absolute atomic E-state index is 0.0861. The second kappa shape index (κ2) is 3.95. The summed E-state index contributed by atoms with van der Waals surface area (Å²) in [6, 6.07) is 11.7. The number of fused-ring (bicyclic) bond motifs is 3. The minimum atomic E-state index is -0.650. The van der Waals surface area contributed by atoms with Crippen molar-refractivity contribution in [2.45, 2.75) is 19.4 Å². The van der Waals surface area contributed by atoms with Crippen molar-refractivity contribution in [2.24, 2.45) is 0 Å². The summed E-state index contributed by atoms with van der Waals surface area (Å²) in [4.78, 5) is 23.3. The van der Waals surface area contributed by atoms with Crippen LogP contribution in [-0.2, 0) is 16.0 Å². The molecule has 0 unspecified atom stereocenters. The molecule has 0 aliphatic heterocycles. The van der Waals surface area contributed by atoms with Gasteiger partial charge in [-0.2, -0.15) is 0 Å². The van der Waals surface area contributed by atoms with Crippen molar-refractivity contribution in [3.8, 4) is 0 Å². The molecule has 0 radical (unpaired) electrons. The van der Waals surface area contributed by atoms with E-state index in [0.29, 0.717) is 12.0 Å². The molecule has 0 aromatic heterocycles. The highest BCUT2D eigenvalue weighted by atomic mass is 16.5. The van der Waals surface area contributed by atoms with Gasteiger partial charge in [-0.1, -0.05) is 36.4 Å². The monoisotopic (exact) mass is 240 g/mol. The Kier molecular flexibility index (Phi) is 2.40. The summed E-state index contributed by atoms with van der Waals surface area (Å²) in [5, 5.41) is 1.97. The molecule has 18 heavy (non-hydrogen) atoms. The number of hydrogen-bond acceptors (Lipinski definition) is 3. The van der Waals surface area contributed by atoms with Crippen molar-refractivity contribution >= 4 is 22.5 Å². The van der Waals surface area contributed by atoms with E-state index >= 15 is 0 Å². The van der Waals surface area contributed by atoms with Crippen molar-refractivity contribution in [1.82, 2.24) is 0 Å². The highest BCUT2D eigenvalue weighted by Crippen LogP contribution is 2.31. The molecule has 1 aliphatic carbocycles. The molecule has 0 saturated heterocycles. The number of carbonyl (C=O) groups is 2. The molecule has 0 spiro atoms. The molecule has 2 aromatic rings. The zero-order valence-electron chi connectivity index (χ0n) is 9.97. The number of ketones is 1. The Balaban J connectivity index is 2.13. The van der Waals surface area contributed by atoms with Crippen LogP contribution in [0.4, 0.5) is 0 Å². The fourth-order valence-electron chi connectivity index (χ4n) is 2.53. The van der Waals surface area contributed by atoms with Gasteiger partial charge < -0.3 is 4.74 Å². The lowest BCUT2D eigenvalue weighted by Gasteiger charge is -2.07. The maximum atomic E-state index is 12.3. The lowest BCUT2D eigenvalue weighted by molar-refractivity contribution is -0.144. The Hall–Kier alpha value is -2.16. The quantitative estimate of drug-likeness (QED) is 0.719. The van der Waals surface area contributed by atoms with E-state index in [2.05, 4.69) is 0 Å². The first-order chi connectivity index (χ1) is 8.66. The molecule has 0 heterocycles. The molecule has 0 saturated carbocycles. The summed E-state index contributed by atoms with van der Waals surface area (Å²) in [6.07, 6.45) is -0.165. The van der Waals surface area contributed by atoms with Crippen molar-refractivity contribution in [1.29, 1.82) is 0 Å². The highest BCUT2D eigenvalue weighted by molar-refractivity contribution is 6.14. The second-order valence-corrected chi connectivity index (χ2v) is 4.49. The van der Waals surface area contributed by atoms with Crippen LogP contribution in [0.2, 0.25) is 0 Å². The molecule has 3 heteroatoms. The number of carbonyl (C=O) groups excluding carboxylic acids is 2. The molecule has 0 amide bonds. The first-order valence-electron chi connectivity index (χ1n) is 5.89. The van der Waals surface area contributed by atoms with E-state index in [1.54, 1.807) is 0 Å². The first-order valence-corrected chi connectivity index (χ1v) is 5.89. The normalized spacial score (nSPS) is 17.8. The van der Waals surface area contributed by atoms with Gasteiger partial charge >= 0.3 is 5.97 Å². The van der Waals surface area contributed by atoms with E-state index in [0.717, 1.165) is 16.3 Å². The summed E-state index contributed by atoms with van der Waals surface area (Å²) < 4.78 is 5.07. The Morgan fingerprint density at radius 1 is 1.22 bits per heavy atom. The predicted octanol–water partition coefficient (Wildman–Crippen LogP) is 2.51. The zero-order chi connectivity index (χ0) is 12.7. The Morgan fingerprint density at radius 2 is 2.00 bits per heavy atom. The van der Waals surface area contributed by atoms with E-state index in [1.165, 1.54) is 6.92 Å². The van der Waals surface area contributed by atoms with Crippen LogP contribution in [0.3, 0.4) is 0 Å². The molecule has 2 aromatic carbocycles. The number of ether oxygens (including phenoxy) is 1. The third kappa shape index (κ3) is 1.59. The van der Waals surface area contributed by atoms with Gasteiger partial charge in [0.1, 0.15) is 0 Å². The molecule has 0 fully saturated rings. The fourth-order valence-corrected chi connectivity index (χ4v) is 2.53. The molecule has 1 atom stereocenters. The van der Waals surface area contributed by atoms with Crippen LogP contribution in [0.1, 0.15) is 22.8 Å². The third-order valence-corrected chi connectivity index (χ3v) is 3.27. The van der Waals surface area contributed by atoms with Gasteiger partial charge in [-0.3, -0.25) is 9.59 Å². The standard InChI is InChI=1S/C15H12O3/c1-9(16)18-13-8-11-7-6-10-4-2-3-5-12(10)14(11)15(13)17/h2-7,13H,8H2,1H3/t13-/m1/s1. The summed E-state index contributed by atoms with van der Waals surface area (Å²) in [6.45, 7) is 1.33. The molecule has 0 bridgehead atoms. The molecule has 90 valence electrons. The number of esters is 1. The van der Waals surface area contributed by atoms with Crippen molar-refractivity contribution in [2.75, 3.05) is 0 Å². The van der Waals surface area contributed by atoms with Crippen molar-refractivity contribution < 1.29 is 14.3 Å². The lowest BCUT2D eigenvalue weighted by atomic mass is 10.0. The first kappa shape index (κ1) is 11.0. The number of hydrogen-bond donors (Lipinski definition) is 0. The highest BCUT2D eigenvalue weighted by Gasteiger charge is 2.34. The number of benzene rings is 2. The zero-order valence-corrected chi connectivity index (χ0v) is 9.97. The average molecular weight is 240 g/mol. The van der Waals surface area contributed by atoms with Crippen LogP contribution in [0.5, 0.6) is 0 Å². The van der Waals surface area contributed by atoms with E-state index in [9.17, 15) is 9.59 Å². The Labute approximate surface area is 104 Å². The summed E-state index contributed by atoms with van der Waals surface area (Å²) in [5.74, 6) is -0.498. The van der Waals surface area contributed by atoms with Crippen LogP contribution in [0, 0.1) is 0 Å². The van der Waals surface area contributed by atoms with Crippen LogP contribution in [0.15, 0.2) is 36.4 Å². The van der Waals surface area contributed by atoms with E-state index in [-0.39, 0.29) is 5.78 Å². The summed E-state index contributed by atoms with van der Waals surface area (Å²) >= 11 is 0. The van der Waals surface area contributed by atoms with E-state index in [4.69, 9.17) is 4.74 Å². The lowest BCUT2D eigenvalue weighted by Crippen LogP contribution is -2.22. The number of Topliss-reactive ketones (excluding diaryl/α,β-unsaturated/α-hetero) is 1.